The number of hydrogen-bond donors (Lipinski definition) is 2. The monoisotopic (exact) mass is 343 g/mol. The molecule has 3 amide bonds. The van der Waals surface area contributed by atoms with Crippen LogP contribution in [-0.4, -0.2) is 60.4 Å². The van der Waals surface area contributed by atoms with E-state index in [9.17, 15) is 9.59 Å². The van der Waals surface area contributed by atoms with Crippen LogP contribution < -0.4 is 15.5 Å². The van der Waals surface area contributed by atoms with Crippen molar-refractivity contribution in [2.24, 2.45) is 5.92 Å². The van der Waals surface area contributed by atoms with Crippen LogP contribution in [0.4, 0.5) is 10.5 Å². The van der Waals surface area contributed by atoms with Gasteiger partial charge in [-0.1, -0.05) is 13.0 Å². The fraction of sp³-hybridized carbons (Fsp3) is 0.556. The third kappa shape index (κ3) is 2.49. The summed E-state index contributed by atoms with van der Waals surface area (Å²) < 4.78 is 0. The van der Waals surface area contributed by atoms with E-state index in [2.05, 4.69) is 59.4 Å². The first-order valence-corrected chi connectivity index (χ1v) is 8.80. The highest BCUT2D eigenvalue weighted by Gasteiger charge is 2.54. The van der Waals surface area contributed by atoms with Crippen molar-refractivity contribution in [3.63, 3.8) is 0 Å². The highest BCUT2D eigenvalue weighted by atomic mass is 16.2. The van der Waals surface area contributed by atoms with Crippen molar-refractivity contribution >= 4 is 17.6 Å². The highest BCUT2D eigenvalue weighted by molar-refractivity contribution is 6.00. The summed E-state index contributed by atoms with van der Waals surface area (Å²) in [5, 5.41) is 5.97. The van der Waals surface area contributed by atoms with Crippen LogP contribution in [0.25, 0.3) is 0 Å². The predicted octanol–water partition coefficient (Wildman–Crippen LogP) is 0.825. The van der Waals surface area contributed by atoms with Crippen molar-refractivity contribution in [1.82, 2.24) is 20.4 Å². The van der Waals surface area contributed by atoms with Gasteiger partial charge in [0.15, 0.2) is 0 Å². The molecule has 3 saturated heterocycles. The number of hydrogen-bond acceptors (Lipinski definition) is 5. The van der Waals surface area contributed by atoms with Crippen molar-refractivity contribution in [2.45, 2.75) is 39.3 Å². The van der Waals surface area contributed by atoms with Crippen LogP contribution in [0.3, 0.4) is 0 Å². The minimum absolute atomic E-state index is 0.0904. The Morgan fingerprint density at radius 1 is 1.12 bits per heavy atom. The van der Waals surface area contributed by atoms with E-state index >= 15 is 0 Å². The number of nitrogens with one attached hydrogen (secondary N) is 2. The van der Waals surface area contributed by atoms with Crippen molar-refractivity contribution < 1.29 is 9.59 Å². The van der Waals surface area contributed by atoms with Gasteiger partial charge in [-0.15, -0.1) is 0 Å². The largest absolute Gasteiger partial charge is 0.343 e. The Bertz CT molecular complexity index is 736. The number of amides is 3. The van der Waals surface area contributed by atoms with Crippen LogP contribution in [0.5, 0.6) is 0 Å². The van der Waals surface area contributed by atoms with Gasteiger partial charge in [0.05, 0.1) is 0 Å². The molecule has 0 radical (unpaired) electrons. The van der Waals surface area contributed by atoms with E-state index in [0.29, 0.717) is 5.92 Å². The number of carbonyl (C=O) groups is 2. The summed E-state index contributed by atoms with van der Waals surface area (Å²) in [5.74, 6) is 0.214. The molecular weight excluding hydrogens is 318 g/mol. The maximum atomic E-state index is 12.5. The Hall–Kier alpha value is -2.12. The van der Waals surface area contributed by atoms with Gasteiger partial charge < -0.3 is 9.80 Å². The van der Waals surface area contributed by atoms with Crippen molar-refractivity contribution in [3.8, 4) is 0 Å². The van der Waals surface area contributed by atoms with E-state index in [1.54, 1.807) is 11.9 Å². The first kappa shape index (κ1) is 16.4. The summed E-state index contributed by atoms with van der Waals surface area (Å²) in [6.07, 6.45) is -0.391. The van der Waals surface area contributed by atoms with Crippen molar-refractivity contribution in [2.75, 3.05) is 25.0 Å². The first-order valence-electron chi connectivity index (χ1n) is 8.80. The van der Waals surface area contributed by atoms with Gasteiger partial charge in [0, 0.05) is 25.8 Å². The number of benzene rings is 1. The van der Waals surface area contributed by atoms with Gasteiger partial charge in [-0.25, -0.2) is 4.79 Å². The van der Waals surface area contributed by atoms with Crippen LogP contribution in [-0.2, 0) is 4.79 Å². The lowest BCUT2D eigenvalue weighted by Crippen LogP contribution is -2.65. The maximum absolute atomic E-state index is 12.5. The van der Waals surface area contributed by atoms with E-state index in [1.165, 1.54) is 11.1 Å². The molecule has 4 atom stereocenters. The third-order valence-electron chi connectivity index (χ3n) is 5.67. The minimum Gasteiger partial charge on any atom is -0.343 e. The fourth-order valence-electron chi connectivity index (χ4n) is 4.17. The molecule has 3 heterocycles. The summed E-state index contributed by atoms with van der Waals surface area (Å²) >= 11 is 0. The first-order chi connectivity index (χ1) is 11.9. The molecule has 3 aliphatic rings. The lowest BCUT2D eigenvalue weighted by molar-refractivity contribution is -0.128. The smallest absolute Gasteiger partial charge is 0.325 e. The molecule has 25 heavy (non-hydrogen) atoms. The molecule has 0 saturated carbocycles. The zero-order valence-electron chi connectivity index (χ0n) is 15.1. The Balaban J connectivity index is 1.70. The third-order valence-corrected chi connectivity index (χ3v) is 5.67. The predicted molar refractivity (Wildman–Crippen MR) is 94.9 cm³/mol. The zero-order valence-corrected chi connectivity index (χ0v) is 15.1. The average molecular weight is 343 g/mol. The molecule has 4 unspecified atom stereocenters. The lowest BCUT2D eigenvalue weighted by Gasteiger charge is -2.45. The molecule has 0 aliphatic carbocycles. The summed E-state index contributed by atoms with van der Waals surface area (Å²) in [6, 6.07) is 5.77. The Kier molecular flexibility index (Phi) is 3.73. The van der Waals surface area contributed by atoms with Gasteiger partial charge >= 0.3 is 6.03 Å². The van der Waals surface area contributed by atoms with E-state index < -0.39 is 0 Å². The quantitative estimate of drug-likeness (QED) is 0.790. The summed E-state index contributed by atoms with van der Waals surface area (Å²) in [6.45, 7) is 8.17. The van der Waals surface area contributed by atoms with Gasteiger partial charge in [-0.3, -0.25) is 20.3 Å². The summed E-state index contributed by atoms with van der Waals surface area (Å²) in [5.41, 5.74) is 3.66. The molecule has 7 heteroatoms. The van der Waals surface area contributed by atoms with Gasteiger partial charge in [-0.2, -0.15) is 0 Å². The molecule has 0 aromatic heterocycles. The van der Waals surface area contributed by atoms with Gasteiger partial charge in [0.1, 0.15) is 18.5 Å². The van der Waals surface area contributed by atoms with Crippen molar-refractivity contribution in [1.29, 1.82) is 0 Å². The fourth-order valence-corrected chi connectivity index (χ4v) is 4.17. The molecule has 2 N–H and O–H groups in total. The number of aryl methyl sites for hydroxylation is 2. The number of carbonyl (C=O) groups excluding carboxylic acids is 2. The molecule has 1 aromatic carbocycles. The average Bonchev–Trinajstić information content (AvgIpc) is 2.94. The Labute approximate surface area is 147 Å². The molecule has 4 rings (SSSR count). The van der Waals surface area contributed by atoms with Gasteiger partial charge in [0.2, 0.25) is 5.91 Å². The summed E-state index contributed by atoms with van der Waals surface area (Å²) in [4.78, 5) is 30.5. The molecule has 134 valence electrons. The van der Waals surface area contributed by atoms with E-state index in [-0.39, 0.29) is 30.4 Å². The van der Waals surface area contributed by atoms with Gasteiger partial charge in [-0.05, 0) is 43.0 Å². The van der Waals surface area contributed by atoms with Crippen LogP contribution in [0.2, 0.25) is 0 Å². The minimum atomic E-state index is -0.357. The lowest BCUT2D eigenvalue weighted by atomic mass is 10.0. The SMILES string of the molecule is Cc1ccc(N2CC(C)CN3C4C(=O)NC(=O)N(C)C4NC23)cc1C. The van der Waals surface area contributed by atoms with Gasteiger partial charge in [0.25, 0.3) is 0 Å². The number of rotatable bonds is 1. The van der Waals surface area contributed by atoms with E-state index in [0.717, 1.165) is 18.8 Å². The summed E-state index contributed by atoms with van der Waals surface area (Å²) in [7, 11) is 1.73. The Morgan fingerprint density at radius 3 is 2.60 bits per heavy atom. The zero-order chi connectivity index (χ0) is 17.9. The maximum Gasteiger partial charge on any atom is 0.325 e. The normalized spacial score (nSPS) is 32.5. The number of anilines is 1. The second-order valence-electron chi connectivity index (χ2n) is 7.56. The van der Waals surface area contributed by atoms with Crippen LogP contribution in [0, 0.1) is 19.8 Å². The molecular formula is C18H25N5O2. The number of imide groups is 1. The van der Waals surface area contributed by atoms with E-state index in [1.807, 2.05) is 0 Å². The molecule has 3 fully saturated rings. The number of likely N-dealkylation sites (N-methyl/N-ethyl adjacent to an activating group) is 1. The second-order valence-corrected chi connectivity index (χ2v) is 7.56. The second kappa shape index (κ2) is 5.71. The number of nitrogens with zero attached hydrogens (tertiary/aromatic N) is 3. The molecule has 3 aliphatic heterocycles. The van der Waals surface area contributed by atoms with Crippen LogP contribution in [0.1, 0.15) is 18.1 Å². The molecule has 0 spiro atoms. The molecule has 0 bridgehead atoms. The van der Waals surface area contributed by atoms with Crippen LogP contribution in [0.15, 0.2) is 18.2 Å². The number of urea groups is 1. The van der Waals surface area contributed by atoms with Crippen LogP contribution >= 0.6 is 0 Å². The number of fused-ring (bicyclic) bond motifs is 3. The standard InChI is InChI=1S/C18H25N5O2/c1-10-8-22(13-6-5-11(2)12(3)7-13)17-19-15-14(23(17)9-10)16(24)20-18(25)21(15)4/h5-7,10,14-15,17,19H,8-9H2,1-4H3,(H,20,24,25). The molecule has 7 nitrogen and oxygen atoms in total. The van der Waals surface area contributed by atoms with Crippen molar-refractivity contribution in [3.05, 3.63) is 29.3 Å². The Morgan fingerprint density at radius 2 is 1.88 bits per heavy atom. The topological polar surface area (TPSA) is 67.9 Å². The molecule has 1 aromatic rings. The van der Waals surface area contributed by atoms with E-state index in [4.69, 9.17) is 0 Å². The highest BCUT2D eigenvalue weighted by Crippen LogP contribution is 2.33.